The van der Waals surface area contributed by atoms with Crippen LogP contribution < -0.4 is 10.0 Å². The summed E-state index contributed by atoms with van der Waals surface area (Å²) in [7, 11) is -3.43. The van der Waals surface area contributed by atoms with Crippen LogP contribution in [0.2, 0.25) is 0 Å². The molecule has 6 heteroatoms. The highest BCUT2D eigenvalue weighted by atomic mass is 32.2. The number of anilines is 1. The Bertz CT molecular complexity index is 495. The summed E-state index contributed by atoms with van der Waals surface area (Å²) in [5.41, 5.74) is 0.784. The van der Waals surface area contributed by atoms with Crippen molar-refractivity contribution < 1.29 is 13.2 Å². The summed E-state index contributed by atoms with van der Waals surface area (Å²) in [6.45, 7) is -0.0457. The maximum atomic E-state index is 11.5. The van der Waals surface area contributed by atoms with Crippen molar-refractivity contribution in [3.8, 4) is 0 Å². The number of hydrogen-bond acceptors (Lipinski definition) is 4. The Kier molecular flexibility index (Phi) is 3.33. The molecule has 1 saturated carbocycles. The molecule has 17 heavy (non-hydrogen) atoms. The number of carbonyl (C=O) groups is 1. The second-order valence-electron chi connectivity index (χ2n) is 3.99. The van der Waals surface area contributed by atoms with E-state index in [9.17, 15) is 13.2 Å². The van der Waals surface area contributed by atoms with Gasteiger partial charge in [-0.05, 0) is 25.0 Å². The van der Waals surface area contributed by atoms with E-state index in [4.69, 9.17) is 0 Å². The number of nitrogens with one attached hydrogen (secondary N) is 2. The monoisotopic (exact) mass is 254 g/mol. The van der Waals surface area contributed by atoms with Crippen molar-refractivity contribution in [3.63, 3.8) is 0 Å². The maximum Gasteiger partial charge on any atom is 0.252 e. The zero-order valence-corrected chi connectivity index (χ0v) is 10.0. The van der Waals surface area contributed by atoms with Gasteiger partial charge in [0.15, 0.2) is 0 Å². The van der Waals surface area contributed by atoms with Crippen LogP contribution in [0.3, 0.4) is 0 Å². The van der Waals surface area contributed by atoms with Gasteiger partial charge in [-0.1, -0.05) is 18.2 Å². The summed E-state index contributed by atoms with van der Waals surface area (Å²) in [4.78, 5) is 11.4. The molecule has 0 heterocycles. The van der Waals surface area contributed by atoms with E-state index in [1.165, 1.54) is 0 Å². The Morgan fingerprint density at radius 1 is 1.24 bits per heavy atom. The molecule has 0 atom stereocenters. The van der Waals surface area contributed by atoms with E-state index in [2.05, 4.69) is 10.0 Å². The first-order valence-electron chi connectivity index (χ1n) is 5.41. The van der Waals surface area contributed by atoms with Crippen molar-refractivity contribution in [1.29, 1.82) is 0 Å². The predicted molar refractivity (Wildman–Crippen MR) is 65.0 cm³/mol. The van der Waals surface area contributed by atoms with Gasteiger partial charge in [0, 0.05) is 5.69 Å². The fourth-order valence-electron chi connectivity index (χ4n) is 1.39. The van der Waals surface area contributed by atoms with Crippen LogP contribution in [-0.4, -0.2) is 26.1 Å². The first-order valence-corrected chi connectivity index (χ1v) is 6.96. The molecule has 0 saturated heterocycles. The number of sulfonamides is 1. The summed E-state index contributed by atoms with van der Waals surface area (Å²) >= 11 is 0. The Morgan fingerprint density at radius 2 is 1.88 bits per heavy atom. The summed E-state index contributed by atoms with van der Waals surface area (Å²) in [6, 6.07) is 9.15. The summed E-state index contributed by atoms with van der Waals surface area (Å²) in [5, 5.41) is 2.48. The van der Waals surface area contributed by atoms with Crippen LogP contribution in [-0.2, 0) is 14.8 Å². The normalized spacial score (nSPS) is 15.3. The molecule has 0 unspecified atom stereocenters. The van der Waals surface area contributed by atoms with Crippen molar-refractivity contribution in [1.82, 2.24) is 4.72 Å². The average molecular weight is 254 g/mol. The third-order valence-corrected chi connectivity index (χ3v) is 4.31. The highest BCUT2D eigenvalue weighted by Gasteiger charge is 2.36. The number of benzene rings is 1. The standard InChI is InChI=1S/C11H14N2O3S/c14-11(13-17(15,16)10-6-7-10)8-12-9-4-2-1-3-5-9/h1-5,10,12H,6-8H2,(H,13,14). The molecule has 92 valence electrons. The summed E-state index contributed by atoms with van der Waals surface area (Å²) in [5.74, 6) is -0.527. The first kappa shape index (κ1) is 11.9. The molecule has 1 amide bonds. The van der Waals surface area contributed by atoms with Crippen molar-refractivity contribution >= 4 is 21.6 Å². The lowest BCUT2D eigenvalue weighted by molar-refractivity contribution is -0.117. The molecule has 0 bridgehead atoms. The van der Waals surface area contributed by atoms with E-state index < -0.39 is 15.9 Å². The van der Waals surface area contributed by atoms with Gasteiger partial charge in [0.05, 0.1) is 11.8 Å². The van der Waals surface area contributed by atoms with Gasteiger partial charge in [0.25, 0.3) is 5.91 Å². The van der Waals surface area contributed by atoms with E-state index in [0.717, 1.165) is 5.69 Å². The molecule has 1 fully saturated rings. The number of hydrogen-bond donors (Lipinski definition) is 2. The quantitative estimate of drug-likeness (QED) is 0.811. The molecular weight excluding hydrogens is 240 g/mol. The van der Waals surface area contributed by atoms with Gasteiger partial charge in [-0.15, -0.1) is 0 Å². The lowest BCUT2D eigenvalue weighted by Crippen LogP contribution is -2.37. The van der Waals surface area contributed by atoms with Crippen LogP contribution >= 0.6 is 0 Å². The molecule has 1 aliphatic rings. The first-order chi connectivity index (χ1) is 8.08. The Morgan fingerprint density at radius 3 is 2.47 bits per heavy atom. The van der Waals surface area contributed by atoms with Crippen LogP contribution in [0.25, 0.3) is 0 Å². The van der Waals surface area contributed by atoms with Crippen molar-refractivity contribution in [2.75, 3.05) is 11.9 Å². The largest absolute Gasteiger partial charge is 0.376 e. The fraction of sp³-hybridized carbons (Fsp3) is 0.364. The lowest BCUT2D eigenvalue weighted by atomic mass is 10.3. The van der Waals surface area contributed by atoms with E-state index in [0.29, 0.717) is 12.8 Å². The molecule has 5 nitrogen and oxygen atoms in total. The second kappa shape index (κ2) is 4.75. The van der Waals surface area contributed by atoms with Crippen molar-refractivity contribution in [3.05, 3.63) is 30.3 Å². The third kappa shape index (κ3) is 3.45. The number of amides is 1. The van der Waals surface area contributed by atoms with Gasteiger partial charge in [-0.25, -0.2) is 8.42 Å². The van der Waals surface area contributed by atoms with Crippen LogP contribution in [0.5, 0.6) is 0 Å². The zero-order chi connectivity index (χ0) is 12.3. The molecule has 0 spiro atoms. The zero-order valence-electron chi connectivity index (χ0n) is 9.22. The smallest absolute Gasteiger partial charge is 0.252 e. The van der Waals surface area contributed by atoms with Gasteiger partial charge >= 0.3 is 0 Å². The number of para-hydroxylation sites is 1. The molecule has 1 aromatic rings. The fourth-order valence-corrected chi connectivity index (χ4v) is 2.71. The second-order valence-corrected chi connectivity index (χ2v) is 5.95. The molecule has 1 aliphatic carbocycles. The minimum absolute atomic E-state index is 0.0457. The molecule has 2 N–H and O–H groups in total. The summed E-state index contributed by atoms with van der Waals surface area (Å²) < 4.78 is 25.0. The van der Waals surface area contributed by atoms with Crippen LogP contribution in [0.1, 0.15) is 12.8 Å². The molecule has 1 aromatic carbocycles. The Labute approximate surface area is 100 Å². The average Bonchev–Trinajstić information content (AvgIpc) is 3.11. The van der Waals surface area contributed by atoms with E-state index in [1.807, 2.05) is 30.3 Å². The van der Waals surface area contributed by atoms with Gasteiger partial charge in [-0.3, -0.25) is 9.52 Å². The molecule has 2 rings (SSSR count). The van der Waals surface area contributed by atoms with Gasteiger partial charge in [0.2, 0.25) is 10.0 Å². The minimum atomic E-state index is -3.43. The highest BCUT2D eigenvalue weighted by molar-refractivity contribution is 7.90. The van der Waals surface area contributed by atoms with Crippen LogP contribution in [0.4, 0.5) is 5.69 Å². The summed E-state index contributed by atoms with van der Waals surface area (Å²) in [6.07, 6.45) is 1.30. The Hall–Kier alpha value is -1.56. The molecule has 0 radical (unpaired) electrons. The van der Waals surface area contributed by atoms with Crippen LogP contribution in [0, 0.1) is 0 Å². The topological polar surface area (TPSA) is 75.3 Å². The molecule has 0 aliphatic heterocycles. The van der Waals surface area contributed by atoms with E-state index in [1.54, 1.807) is 0 Å². The van der Waals surface area contributed by atoms with Gasteiger partial charge in [0.1, 0.15) is 0 Å². The number of carbonyl (C=O) groups excluding carboxylic acids is 1. The third-order valence-electron chi connectivity index (χ3n) is 2.45. The predicted octanol–water partition coefficient (Wildman–Crippen LogP) is 0.707. The van der Waals surface area contributed by atoms with Crippen molar-refractivity contribution in [2.24, 2.45) is 0 Å². The molecule has 0 aromatic heterocycles. The highest BCUT2D eigenvalue weighted by Crippen LogP contribution is 2.27. The van der Waals surface area contributed by atoms with Crippen molar-refractivity contribution in [2.45, 2.75) is 18.1 Å². The minimum Gasteiger partial charge on any atom is -0.376 e. The van der Waals surface area contributed by atoms with Gasteiger partial charge in [-0.2, -0.15) is 0 Å². The SMILES string of the molecule is O=C(CNc1ccccc1)NS(=O)(=O)C1CC1. The Balaban J connectivity index is 1.82. The lowest BCUT2D eigenvalue weighted by Gasteiger charge is -2.07. The van der Waals surface area contributed by atoms with Crippen LogP contribution in [0.15, 0.2) is 30.3 Å². The van der Waals surface area contributed by atoms with E-state index >= 15 is 0 Å². The molecular formula is C11H14N2O3S. The van der Waals surface area contributed by atoms with E-state index in [-0.39, 0.29) is 11.8 Å². The number of rotatable bonds is 5. The van der Waals surface area contributed by atoms with Gasteiger partial charge < -0.3 is 5.32 Å². The maximum absolute atomic E-state index is 11.5.